The fraction of sp³-hybridized carbons (Fsp3) is 0.417. The van der Waals surface area contributed by atoms with Crippen LogP contribution in [0.15, 0.2) is 24.3 Å². The molecule has 0 aliphatic carbocycles. The Morgan fingerprint density at radius 1 is 1.33 bits per heavy atom. The third-order valence-corrected chi connectivity index (χ3v) is 3.27. The van der Waals surface area contributed by atoms with Crippen molar-refractivity contribution in [3.8, 4) is 0 Å². The smallest absolute Gasteiger partial charge is 0.339 e. The van der Waals surface area contributed by atoms with Gasteiger partial charge in [-0.25, -0.2) is 4.79 Å². The minimum absolute atomic E-state index is 0.172. The SMILES string of the molecule is O=C1OC2(CCCNC2)c2ccccc21. The van der Waals surface area contributed by atoms with E-state index in [-0.39, 0.29) is 11.6 Å². The lowest BCUT2D eigenvalue weighted by atomic mass is 9.86. The third-order valence-electron chi connectivity index (χ3n) is 3.27. The molecule has 3 rings (SSSR count). The molecular weight excluding hydrogens is 190 g/mol. The number of ether oxygens (including phenoxy) is 1. The molecule has 78 valence electrons. The normalized spacial score (nSPS) is 28.9. The molecule has 0 radical (unpaired) electrons. The van der Waals surface area contributed by atoms with E-state index in [1.165, 1.54) is 0 Å². The zero-order valence-corrected chi connectivity index (χ0v) is 8.45. The number of hydrogen-bond acceptors (Lipinski definition) is 3. The highest BCUT2D eigenvalue weighted by Gasteiger charge is 2.45. The molecule has 2 heterocycles. The van der Waals surface area contributed by atoms with Crippen LogP contribution in [0.2, 0.25) is 0 Å². The van der Waals surface area contributed by atoms with E-state index in [0.717, 1.165) is 37.1 Å². The summed E-state index contributed by atoms with van der Waals surface area (Å²) in [5.74, 6) is -0.172. The molecule has 2 aliphatic rings. The van der Waals surface area contributed by atoms with Crippen LogP contribution < -0.4 is 5.32 Å². The molecule has 1 aromatic carbocycles. The lowest BCUT2D eigenvalue weighted by Gasteiger charge is -2.33. The first kappa shape index (κ1) is 8.92. The van der Waals surface area contributed by atoms with Crippen LogP contribution in [0.25, 0.3) is 0 Å². The Morgan fingerprint density at radius 2 is 2.20 bits per heavy atom. The Labute approximate surface area is 88.4 Å². The van der Waals surface area contributed by atoms with E-state index in [9.17, 15) is 4.79 Å². The Hall–Kier alpha value is -1.35. The average Bonchev–Trinajstić information content (AvgIpc) is 2.55. The van der Waals surface area contributed by atoms with Crippen LogP contribution in [0.4, 0.5) is 0 Å². The van der Waals surface area contributed by atoms with Crippen molar-refractivity contribution in [1.82, 2.24) is 5.32 Å². The van der Waals surface area contributed by atoms with E-state index in [0.29, 0.717) is 0 Å². The van der Waals surface area contributed by atoms with E-state index in [4.69, 9.17) is 4.74 Å². The number of carbonyl (C=O) groups is 1. The van der Waals surface area contributed by atoms with Crippen molar-refractivity contribution in [1.29, 1.82) is 0 Å². The van der Waals surface area contributed by atoms with E-state index < -0.39 is 0 Å². The Morgan fingerprint density at radius 3 is 3.00 bits per heavy atom. The largest absolute Gasteiger partial charge is 0.449 e. The highest BCUT2D eigenvalue weighted by molar-refractivity contribution is 5.94. The fourth-order valence-electron chi connectivity index (χ4n) is 2.54. The molecule has 3 heteroatoms. The maximum atomic E-state index is 11.7. The zero-order chi connectivity index (χ0) is 10.3. The van der Waals surface area contributed by atoms with Crippen molar-refractivity contribution in [3.63, 3.8) is 0 Å². The van der Waals surface area contributed by atoms with Crippen molar-refractivity contribution in [2.24, 2.45) is 0 Å². The summed E-state index contributed by atoms with van der Waals surface area (Å²) in [6, 6.07) is 7.71. The van der Waals surface area contributed by atoms with Gasteiger partial charge >= 0.3 is 5.97 Å². The van der Waals surface area contributed by atoms with Crippen LogP contribution in [0.3, 0.4) is 0 Å². The van der Waals surface area contributed by atoms with E-state index >= 15 is 0 Å². The van der Waals surface area contributed by atoms with E-state index in [2.05, 4.69) is 5.32 Å². The first-order valence-electron chi connectivity index (χ1n) is 5.35. The predicted molar refractivity (Wildman–Crippen MR) is 55.6 cm³/mol. The van der Waals surface area contributed by atoms with Gasteiger partial charge in [-0.1, -0.05) is 18.2 Å². The lowest BCUT2D eigenvalue weighted by molar-refractivity contribution is -0.0203. The second-order valence-electron chi connectivity index (χ2n) is 4.21. The number of carbonyl (C=O) groups excluding carboxylic acids is 1. The molecule has 15 heavy (non-hydrogen) atoms. The first-order chi connectivity index (χ1) is 7.32. The van der Waals surface area contributed by atoms with Crippen LogP contribution >= 0.6 is 0 Å². The molecule has 0 amide bonds. The van der Waals surface area contributed by atoms with Crippen LogP contribution in [0.5, 0.6) is 0 Å². The van der Waals surface area contributed by atoms with Crippen LogP contribution in [0, 0.1) is 0 Å². The van der Waals surface area contributed by atoms with Gasteiger partial charge in [0.1, 0.15) is 0 Å². The van der Waals surface area contributed by atoms with Gasteiger partial charge < -0.3 is 10.1 Å². The van der Waals surface area contributed by atoms with Crippen molar-refractivity contribution < 1.29 is 9.53 Å². The van der Waals surface area contributed by atoms with Gasteiger partial charge in [0.2, 0.25) is 0 Å². The number of piperidine rings is 1. The van der Waals surface area contributed by atoms with Crippen molar-refractivity contribution in [2.75, 3.05) is 13.1 Å². The van der Waals surface area contributed by atoms with Gasteiger partial charge in [-0.3, -0.25) is 0 Å². The maximum Gasteiger partial charge on any atom is 0.339 e. The minimum atomic E-state index is -0.383. The quantitative estimate of drug-likeness (QED) is 0.648. The summed E-state index contributed by atoms with van der Waals surface area (Å²) < 4.78 is 5.56. The average molecular weight is 203 g/mol. The molecule has 1 aromatic rings. The highest BCUT2D eigenvalue weighted by atomic mass is 16.6. The summed E-state index contributed by atoms with van der Waals surface area (Å²) in [5, 5.41) is 3.30. The topological polar surface area (TPSA) is 38.3 Å². The molecule has 0 aromatic heterocycles. The Bertz CT molecular complexity index is 408. The second-order valence-corrected chi connectivity index (χ2v) is 4.21. The monoisotopic (exact) mass is 203 g/mol. The first-order valence-corrected chi connectivity index (χ1v) is 5.35. The molecule has 0 saturated carbocycles. The van der Waals surface area contributed by atoms with Crippen LogP contribution in [-0.2, 0) is 10.3 Å². The van der Waals surface area contributed by atoms with E-state index in [1.807, 2.05) is 24.3 Å². The summed E-state index contributed by atoms with van der Waals surface area (Å²) in [5.41, 5.74) is 1.41. The molecule has 1 N–H and O–H groups in total. The number of fused-ring (bicyclic) bond motifs is 2. The van der Waals surface area contributed by atoms with Gasteiger partial charge in [-0.15, -0.1) is 0 Å². The van der Waals surface area contributed by atoms with Crippen molar-refractivity contribution in [3.05, 3.63) is 35.4 Å². The van der Waals surface area contributed by atoms with Gasteiger partial charge in [0, 0.05) is 12.1 Å². The van der Waals surface area contributed by atoms with Gasteiger partial charge in [0.05, 0.1) is 5.56 Å². The summed E-state index contributed by atoms with van der Waals surface area (Å²) in [6.07, 6.45) is 1.99. The van der Waals surface area contributed by atoms with Gasteiger partial charge in [0.25, 0.3) is 0 Å². The number of hydrogen-bond donors (Lipinski definition) is 1. The summed E-state index contributed by atoms with van der Waals surface area (Å²) in [4.78, 5) is 11.7. The number of esters is 1. The minimum Gasteiger partial charge on any atom is -0.449 e. The summed E-state index contributed by atoms with van der Waals surface area (Å²) in [7, 11) is 0. The Balaban J connectivity index is 2.10. The lowest BCUT2D eigenvalue weighted by Crippen LogP contribution is -2.43. The zero-order valence-electron chi connectivity index (χ0n) is 8.45. The third kappa shape index (κ3) is 1.20. The van der Waals surface area contributed by atoms with Crippen LogP contribution in [-0.4, -0.2) is 19.1 Å². The molecular formula is C12H13NO2. The Kier molecular flexibility index (Phi) is 1.83. The predicted octanol–water partition coefficient (Wildman–Crippen LogP) is 1.44. The summed E-state index contributed by atoms with van der Waals surface area (Å²) in [6.45, 7) is 1.76. The number of nitrogens with one attached hydrogen (secondary N) is 1. The van der Waals surface area contributed by atoms with Gasteiger partial charge in [-0.05, 0) is 25.5 Å². The summed E-state index contributed by atoms with van der Waals surface area (Å²) >= 11 is 0. The number of benzene rings is 1. The fourth-order valence-corrected chi connectivity index (χ4v) is 2.54. The van der Waals surface area contributed by atoms with Gasteiger partial charge in [-0.2, -0.15) is 0 Å². The molecule has 0 bridgehead atoms. The van der Waals surface area contributed by atoms with Gasteiger partial charge in [0.15, 0.2) is 5.60 Å². The standard InChI is InChI=1S/C12H13NO2/c14-11-9-4-1-2-5-10(9)12(15-11)6-3-7-13-8-12/h1-2,4-5,13H,3,6-8H2. The molecule has 1 fully saturated rings. The van der Waals surface area contributed by atoms with Crippen LogP contribution in [0.1, 0.15) is 28.8 Å². The van der Waals surface area contributed by atoms with E-state index in [1.54, 1.807) is 0 Å². The highest BCUT2D eigenvalue weighted by Crippen LogP contribution is 2.40. The second kappa shape index (κ2) is 3.07. The molecule has 3 nitrogen and oxygen atoms in total. The van der Waals surface area contributed by atoms with Crippen molar-refractivity contribution >= 4 is 5.97 Å². The number of rotatable bonds is 0. The molecule has 1 spiro atoms. The molecule has 1 atom stereocenters. The molecule has 2 aliphatic heterocycles. The van der Waals surface area contributed by atoms with Crippen molar-refractivity contribution in [2.45, 2.75) is 18.4 Å². The molecule has 1 unspecified atom stereocenters. The maximum absolute atomic E-state index is 11.7. The molecule has 1 saturated heterocycles.